The molecule has 0 N–H and O–H groups in total. The fraction of sp³-hybridized carbons (Fsp3) is 0.0769. The summed E-state index contributed by atoms with van der Waals surface area (Å²) in [7, 11) is 1.31. The number of halogens is 3. The van der Waals surface area contributed by atoms with Gasteiger partial charge in [0.2, 0.25) is 11.6 Å². The Bertz CT molecular complexity index is 762. The van der Waals surface area contributed by atoms with Crippen molar-refractivity contribution in [3.8, 4) is 5.75 Å². The molecule has 0 unspecified atom stereocenters. The average Bonchev–Trinajstić information content (AvgIpc) is 2.75. The van der Waals surface area contributed by atoms with E-state index in [9.17, 15) is 13.2 Å². The van der Waals surface area contributed by atoms with E-state index in [0.717, 1.165) is 6.07 Å². The molecule has 3 rings (SSSR count). The number of furan rings is 1. The topological polar surface area (TPSA) is 22.4 Å². The van der Waals surface area contributed by atoms with E-state index in [2.05, 4.69) is 0 Å². The van der Waals surface area contributed by atoms with Gasteiger partial charge >= 0.3 is 0 Å². The maximum Gasteiger partial charge on any atom is 0.208 e. The average molecular weight is 252 g/mol. The number of benzene rings is 2. The van der Waals surface area contributed by atoms with Crippen molar-refractivity contribution in [2.24, 2.45) is 0 Å². The van der Waals surface area contributed by atoms with E-state index < -0.39 is 17.5 Å². The van der Waals surface area contributed by atoms with Crippen molar-refractivity contribution >= 4 is 21.9 Å². The van der Waals surface area contributed by atoms with Crippen molar-refractivity contribution in [1.29, 1.82) is 0 Å². The third-order valence-corrected chi connectivity index (χ3v) is 2.83. The molecule has 0 bridgehead atoms. The highest BCUT2D eigenvalue weighted by molar-refractivity contribution is 6.05. The standard InChI is InChI=1S/C13H7F3O2/c1-17-9-5-3-7-6-2-4-8(14)10(15)12(6)18-13(7)11(9)16/h2-5H,1H3. The van der Waals surface area contributed by atoms with E-state index in [1.54, 1.807) is 6.07 Å². The van der Waals surface area contributed by atoms with Crippen LogP contribution in [-0.4, -0.2) is 7.11 Å². The van der Waals surface area contributed by atoms with Crippen molar-refractivity contribution < 1.29 is 22.3 Å². The third-order valence-electron chi connectivity index (χ3n) is 2.83. The Labute approximate surface area is 99.6 Å². The molecule has 0 spiro atoms. The number of rotatable bonds is 1. The first-order valence-electron chi connectivity index (χ1n) is 5.16. The smallest absolute Gasteiger partial charge is 0.208 e. The molecular weight excluding hydrogens is 245 g/mol. The van der Waals surface area contributed by atoms with E-state index in [0.29, 0.717) is 10.8 Å². The van der Waals surface area contributed by atoms with Gasteiger partial charge in [0.05, 0.1) is 7.11 Å². The summed E-state index contributed by atoms with van der Waals surface area (Å²) in [5.41, 5.74) is -0.439. The van der Waals surface area contributed by atoms with Gasteiger partial charge < -0.3 is 9.15 Å². The van der Waals surface area contributed by atoms with Gasteiger partial charge in [-0.2, -0.15) is 8.78 Å². The molecule has 0 saturated carbocycles. The first kappa shape index (κ1) is 11.0. The van der Waals surface area contributed by atoms with Crippen molar-refractivity contribution in [3.05, 3.63) is 41.7 Å². The van der Waals surface area contributed by atoms with Crippen LogP contribution in [-0.2, 0) is 0 Å². The molecule has 3 aromatic rings. The van der Waals surface area contributed by atoms with Gasteiger partial charge in [0, 0.05) is 10.8 Å². The maximum atomic E-state index is 13.9. The largest absolute Gasteiger partial charge is 0.494 e. The van der Waals surface area contributed by atoms with Gasteiger partial charge in [0.25, 0.3) is 0 Å². The summed E-state index contributed by atoms with van der Waals surface area (Å²) in [6.07, 6.45) is 0. The molecule has 18 heavy (non-hydrogen) atoms. The summed E-state index contributed by atoms with van der Waals surface area (Å²) in [6.45, 7) is 0. The van der Waals surface area contributed by atoms with E-state index in [1.165, 1.54) is 19.2 Å². The van der Waals surface area contributed by atoms with E-state index in [1.807, 2.05) is 0 Å². The summed E-state index contributed by atoms with van der Waals surface area (Å²) < 4.78 is 50.4. The van der Waals surface area contributed by atoms with E-state index >= 15 is 0 Å². The van der Waals surface area contributed by atoms with Gasteiger partial charge in [-0.1, -0.05) is 0 Å². The van der Waals surface area contributed by atoms with Gasteiger partial charge in [-0.3, -0.25) is 0 Å². The Morgan fingerprint density at radius 2 is 1.50 bits per heavy atom. The number of hydrogen-bond acceptors (Lipinski definition) is 2. The van der Waals surface area contributed by atoms with Gasteiger partial charge in [-0.15, -0.1) is 0 Å². The lowest BCUT2D eigenvalue weighted by Gasteiger charge is -2.00. The number of methoxy groups -OCH3 is 1. The molecule has 5 heteroatoms. The zero-order valence-corrected chi connectivity index (χ0v) is 9.26. The van der Waals surface area contributed by atoms with Crippen LogP contribution >= 0.6 is 0 Å². The number of hydrogen-bond donors (Lipinski definition) is 0. The summed E-state index contributed by atoms with van der Waals surface area (Å²) in [6, 6.07) is 5.29. The van der Waals surface area contributed by atoms with Crippen molar-refractivity contribution in [2.45, 2.75) is 0 Å². The van der Waals surface area contributed by atoms with Crippen molar-refractivity contribution in [1.82, 2.24) is 0 Å². The quantitative estimate of drug-likeness (QED) is 0.652. The highest BCUT2D eigenvalue weighted by atomic mass is 19.2. The fourth-order valence-corrected chi connectivity index (χ4v) is 1.95. The summed E-state index contributed by atoms with van der Waals surface area (Å²) in [5, 5.41) is 0.702. The zero-order valence-electron chi connectivity index (χ0n) is 9.26. The SMILES string of the molecule is COc1ccc2c(oc3c(F)c(F)ccc32)c1F. The summed E-state index contributed by atoms with van der Waals surface area (Å²) in [5.74, 6) is -2.90. The Balaban J connectivity index is 2.50. The third kappa shape index (κ3) is 1.30. The minimum absolute atomic E-state index is 0.0116. The number of fused-ring (bicyclic) bond motifs is 3. The molecule has 0 aliphatic heterocycles. The molecule has 0 fully saturated rings. The van der Waals surface area contributed by atoms with Crippen LogP contribution in [0, 0.1) is 17.5 Å². The molecule has 0 saturated heterocycles. The number of ether oxygens (including phenoxy) is 1. The molecule has 2 nitrogen and oxygen atoms in total. The monoisotopic (exact) mass is 252 g/mol. The zero-order chi connectivity index (χ0) is 12.9. The molecule has 0 aliphatic carbocycles. The predicted octanol–water partition coefficient (Wildman–Crippen LogP) is 4.01. The van der Waals surface area contributed by atoms with Gasteiger partial charge in [0.1, 0.15) is 0 Å². The van der Waals surface area contributed by atoms with Crippen molar-refractivity contribution in [3.63, 3.8) is 0 Å². The van der Waals surface area contributed by atoms with Crippen LogP contribution in [0.5, 0.6) is 5.75 Å². The molecule has 2 aromatic carbocycles. The second-order valence-corrected chi connectivity index (χ2v) is 3.80. The lowest BCUT2D eigenvalue weighted by Crippen LogP contribution is -1.87. The Morgan fingerprint density at radius 1 is 0.889 bits per heavy atom. The minimum atomic E-state index is -1.12. The molecule has 0 radical (unpaired) electrons. The van der Waals surface area contributed by atoms with Crippen LogP contribution in [0.3, 0.4) is 0 Å². The first-order valence-corrected chi connectivity index (χ1v) is 5.16. The van der Waals surface area contributed by atoms with Gasteiger partial charge in [0.15, 0.2) is 22.7 Å². The fourth-order valence-electron chi connectivity index (χ4n) is 1.95. The molecule has 92 valence electrons. The molecule has 0 amide bonds. The van der Waals surface area contributed by atoms with Crippen LogP contribution in [0.4, 0.5) is 13.2 Å². The first-order chi connectivity index (χ1) is 8.63. The lowest BCUT2D eigenvalue weighted by molar-refractivity contribution is 0.385. The van der Waals surface area contributed by atoms with Crippen LogP contribution in [0.1, 0.15) is 0 Å². The molecular formula is C13H7F3O2. The van der Waals surface area contributed by atoms with Crippen LogP contribution < -0.4 is 4.74 Å². The molecule has 0 aliphatic rings. The minimum Gasteiger partial charge on any atom is -0.494 e. The van der Waals surface area contributed by atoms with Gasteiger partial charge in [-0.25, -0.2) is 4.39 Å². The second kappa shape index (κ2) is 3.66. The van der Waals surface area contributed by atoms with Crippen molar-refractivity contribution in [2.75, 3.05) is 7.11 Å². The second-order valence-electron chi connectivity index (χ2n) is 3.80. The highest BCUT2D eigenvalue weighted by Crippen LogP contribution is 2.35. The Morgan fingerprint density at radius 3 is 2.17 bits per heavy atom. The summed E-state index contributed by atoms with van der Waals surface area (Å²) in [4.78, 5) is 0. The Hall–Kier alpha value is -2.17. The normalized spacial score (nSPS) is 11.3. The molecule has 1 heterocycles. The highest BCUT2D eigenvalue weighted by Gasteiger charge is 2.18. The molecule has 0 atom stereocenters. The van der Waals surface area contributed by atoms with Crippen LogP contribution in [0.25, 0.3) is 21.9 Å². The lowest BCUT2D eigenvalue weighted by atomic mass is 10.1. The maximum absolute atomic E-state index is 13.9. The Kier molecular flexibility index (Phi) is 2.23. The molecule has 1 aromatic heterocycles. The predicted molar refractivity (Wildman–Crippen MR) is 60.1 cm³/mol. The van der Waals surface area contributed by atoms with E-state index in [-0.39, 0.29) is 16.9 Å². The summed E-state index contributed by atoms with van der Waals surface area (Å²) >= 11 is 0. The van der Waals surface area contributed by atoms with Crippen LogP contribution in [0.15, 0.2) is 28.7 Å². The van der Waals surface area contributed by atoms with Gasteiger partial charge in [-0.05, 0) is 24.3 Å². The van der Waals surface area contributed by atoms with Crippen LogP contribution in [0.2, 0.25) is 0 Å². The van der Waals surface area contributed by atoms with E-state index in [4.69, 9.17) is 9.15 Å².